The Labute approximate surface area is 213 Å². The molecular weight excluding hydrogens is 466 g/mol. The average molecular weight is 494 g/mol. The van der Waals surface area contributed by atoms with Crippen molar-refractivity contribution in [2.75, 3.05) is 5.73 Å². The number of anilines is 1. The molecule has 37 heavy (non-hydrogen) atoms. The Balaban J connectivity index is 1.38. The van der Waals surface area contributed by atoms with Crippen molar-refractivity contribution in [3.05, 3.63) is 83.3 Å². The van der Waals surface area contributed by atoms with E-state index in [0.29, 0.717) is 23.6 Å². The minimum Gasteiger partial charge on any atom is -0.383 e. The topological polar surface area (TPSA) is 132 Å². The minimum atomic E-state index is -0.163. The van der Waals surface area contributed by atoms with Gasteiger partial charge in [-0.25, -0.2) is 14.6 Å². The van der Waals surface area contributed by atoms with E-state index < -0.39 is 0 Å². The number of hydrogen-bond acceptors (Lipinski definition) is 7. The predicted molar refractivity (Wildman–Crippen MR) is 139 cm³/mol. The molecule has 0 bridgehead atoms. The molecule has 6 rings (SSSR count). The van der Waals surface area contributed by atoms with Crippen LogP contribution in [0, 0.1) is 6.92 Å². The van der Waals surface area contributed by atoms with Gasteiger partial charge in [0.1, 0.15) is 17.8 Å². The minimum absolute atomic E-state index is 0.128. The summed E-state index contributed by atoms with van der Waals surface area (Å²) < 4.78 is 1.70. The van der Waals surface area contributed by atoms with Gasteiger partial charge in [-0.2, -0.15) is 5.10 Å². The number of nitrogens with zero attached hydrogens (tertiary/aromatic N) is 7. The van der Waals surface area contributed by atoms with Crippen LogP contribution in [0.25, 0.3) is 22.4 Å². The molecule has 0 saturated heterocycles. The molecule has 0 spiro atoms. The molecular formula is C27H27N9O. The van der Waals surface area contributed by atoms with Crippen LogP contribution in [0.2, 0.25) is 0 Å². The molecule has 5 aromatic heterocycles. The summed E-state index contributed by atoms with van der Waals surface area (Å²) in [6, 6.07) is 11.5. The second-order valence-electron chi connectivity index (χ2n) is 9.44. The number of fused-ring (bicyclic) bond motifs is 2. The summed E-state index contributed by atoms with van der Waals surface area (Å²) in [6.45, 7) is 2.24. The summed E-state index contributed by atoms with van der Waals surface area (Å²) in [7, 11) is 1.84. The molecule has 0 radical (unpaired) electrons. The number of pyridine rings is 3. The summed E-state index contributed by atoms with van der Waals surface area (Å²) in [5, 5.41) is 4.13. The Hall–Kier alpha value is -4.60. The fourth-order valence-electron chi connectivity index (χ4n) is 5.03. The zero-order valence-electron chi connectivity index (χ0n) is 20.7. The molecule has 1 aliphatic carbocycles. The number of H-pyrrole nitrogens is 1. The Morgan fingerprint density at radius 1 is 1.22 bits per heavy atom. The first kappa shape index (κ1) is 22.8. The van der Waals surface area contributed by atoms with Gasteiger partial charge in [0.05, 0.1) is 35.0 Å². The molecule has 10 heteroatoms. The smallest absolute Gasteiger partial charge is 0.271 e. The van der Waals surface area contributed by atoms with Crippen molar-refractivity contribution in [2.24, 2.45) is 7.05 Å². The molecule has 1 amide bonds. The van der Waals surface area contributed by atoms with Crippen LogP contribution in [0.1, 0.15) is 51.9 Å². The molecule has 0 aromatic carbocycles. The van der Waals surface area contributed by atoms with Gasteiger partial charge in [-0.05, 0) is 67.6 Å². The quantitative estimate of drug-likeness (QED) is 0.381. The third kappa shape index (κ3) is 4.20. The lowest BCUT2D eigenvalue weighted by atomic mass is 9.90. The van der Waals surface area contributed by atoms with Crippen molar-refractivity contribution in [3.8, 4) is 11.4 Å². The molecule has 5 aromatic rings. The van der Waals surface area contributed by atoms with E-state index in [1.54, 1.807) is 23.1 Å². The monoisotopic (exact) mass is 493 g/mol. The van der Waals surface area contributed by atoms with Crippen molar-refractivity contribution in [1.82, 2.24) is 39.6 Å². The van der Waals surface area contributed by atoms with Gasteiger partial charge in [0.2, 0.25) is 0 Å². The van der Waals surface area contributed by atoms with Gasteiger partial charge >= 0.3 is 0 Å². The van der Waals surface area contributed by atoms with Gasteiger partial charge in [-0.3, -0.25) is 14.8 Å². The molecule has 10 nitrogen and oxygen atoms in total. The van der Waals surface area contributed by atoms with E-state index in [4.69, 9.17) is 10.7 Å². The predicted octanol–water partition coefficient (Wildman–Crippen LogP) is 3.76. The van der Waals surface area contributed by atoms with Gasteiger partial charge in [-0.1, -0.05) is 6.07 Å². The van der Waals surface area contributed by atoms with Gasteiger partial charge in [0.15, 0.2) is 5.82 Å². The number of aryl methyl sites for hydroxylation is 3. The third-order valence-electron chi connectivity index (χ3n) is 6.99. The number of carbonyl (C=O) groups excluding carboxylic acids is 1. The second kappa shape index (κ2) is 9.12. The van der Waals surface area contributed by atoms with E-state index in [-0.39, 0.29) is 11.9 Å². The summed E-state index contributed by atoms with van der Waals surface area (Å²) >= 11 is 0. The number of nitrogen functional groups attached to an aromatic ring is 1. The summed E-state index contributed by atoms with van der Waals surface area (Å²) in [4.78, 5) is 37.3. The van der Waals surface area contributed by atoms with Gasteiger partial charge < -0.3 is 15.6 Å². The SMILES string of the molecule is Cc1cc2[nH]c(C(=O)N(Cc3ccc(-c4ncnn4C)cn3)[C@@H]3CCCc4cccnc43)cc2nc1N. The molecule has 1 aliphatic rings. The number of hydrogen-bond donors (Lipinski definition) is 2. The van der Waals surface area contributed by atoms with Crippen molar-refractivity contribution >= 4 is 22.8 Å². The molecule has 5 heterocycles. The molecule has 3 N–H and O–H groups in total. The zero-order chi connectivity index (χ0) is 25.5. The van der Waals surface area contributed by atoms with Gasteiger partial charge in [-0.15, -0.1) is 0 Å². The van der Waals surface area contributed by atoms with Crippen molar-refractivity contribution in [3.63, 3.8) is 0 Å². The Bertz CT molecular complexity index is 1560. The standard InChI is InChI=1S/C27H27N9O/c1-16-11-20-21(34-25(16)28)12-22(33-20)27(37)36(23-7-3-5-17-6-4-10-29-24(17)23)14-19-9-8-18(13-30-19)26-31-15-32-35(26)2/h4,6,8-13,15,23,33H,3,5,7,14H2,1-2H3,(H2,28,34)/t23-/m1/s1. The number of aromatic amines is 1. The largest absolute Gasteiger partial charge is 0.383 e. The first-order valence-electron chi connectivity index (χ1n) is 12.3. The number of nitrogens with two attached hydrogens (primary N) is 1. The Morgan fingerprint density at radius 2 is 2.11 bits per heavy atom. The second-order valence-corrected chi connectivity index (χ2v) is 9.44. The maximum Gasteiger partial charge on any atom is 0.271 e. The third-order valence-corrected chi connectivity index (χ3v) is 6.99. The van der Waals surface area contributed by atoms with E-state index in [0.717, 1.165) is 53.1 Å². The van der Waals surface area contributed by atoms with Crippen LogP contribution in [0.4, 0.5) is 5.82 Å². The highest BCUT2D eigenvalue weighted by Gasteiger charge is 2.32. The highest BCUT2D eigenvalue weighted by molar-refractivity contribution is 5.97. The molecule has 0 fully saturated rings. The Morgan fingerprint density at radius 3 is 2.89 bits per heavy atom. The number of aromatic nitrogens is 7. The first-order valence-corrected chi connectivity index (χ1v) is 12.3. The number of carbonyl (C=O) groups is 1. The van der Waals surface area contributed by atoms with E-state index >= 15 is 0 Å². The highest BCUT2D eigenvalue weighted by Crippen LogP contribution is 2.35. The van der Waals surface area contributed by atoms with E-state index in [1.807, 2.05) is 43.1 Å². The molecule has 0 saturated carbocycles. The Kier molecular flexibility index (Phi) is 5.63. The van der Waals surface area contributed by atoms with Crippen LogP contribution in [0.3, 0.4) is 0 Å². The van der Waals surface area contributed by atoms with Crippen LogP contribution in [0.15, 0.2) is 55.1 Å². The zero-order valence-corrected chi connectivity index (χ0v) is 20.7. The normalized spacial score (nSPS) is 15.0. The van der Waals surface area contributed by atoms with Gasteiger partial charge in [0, 0.05) is 25.0 Å². The molecule has 186 valence electrons. The summed E-state index contributed by atoms with van der Waals surface area (Å²) in [5.41, 5.74) is 12.6. The van der Waals surface area contributed by atoms with Crippen LogP contribution < -0.4 is 5.73 Å². The lowest BCUT2D eigenvalue weighted by Crippen LogP contribution is -2.37. The summed E-state index contributed by atoms with van der Waals surface area (Å²) in [5.74, 6) is 1.06. The number of amides is 1. The molecule has 0 aliphatic heterocycles. The molecule has 1 atom stereocenters. The molecule has 0 unspecified atom stereocenters. The number of rotatable bonds is 5. The van der Waals surface area contributed by atoms with Crippen molar-refractivity contribution in [1.29, 1.82) is 0 Å². The van der Waals surface area contributed by atoms with E-state index in [9.17, 15) is 4.79 Å². The van der Waals surface area contributed by atoms with Crippen LogP contribution in [-0.2, 0) is 20.0 Å². The van der Waals surface area contributed by atoms with E-state index in [1.165, 1.54) is 11.9 Å². The average Bonchev–Trinajstić information content (AvgIpc) is 3.53. The lowest BCUT2D eigenvalue weighted by Gasteiger charge is -2.34. The van der Waals surface area contributed by atoms with Crippen molar-refractivity contribution < 1.29 is 4.79 Å². The highest BCUT2D eigenvalue weighted by atomic mass is 16.2. The fraction of sp³-hybridized carbons (Fsp3) is 0.259. The fourth-order valence-corrected chi connectivity index (χ4v) is 5.03. The van der Waals surface area contributed by atoms with Gasteiger partial charge in [0.25, 0.3) is 5.91 Å². The maximum absolute atomic E-state index is 14.1. The lowest BCUT2D eigenvalue weighted by molar-refractivity contribution is 0.0624. The van der Waals surface area contributed by atoms with E-state index in [2.05, 4.69) is 31.1 Å². The van der Waals surface area contributed by atoms with Crippen LogP contribution in [-0.4, -0.2) is 45.5 Å². The van der Waals surface area contributed by atoms with Crippen LogP contribution >= 0.6 is 0 Å². The number of nitrogens with one attached hydrogen (secondary N) is 1. The van der Waals surface area contributed by atoms with Crippen molar-refractivity contribution in [2.45, 2.75) is 38.8 Å². The first-order chi connectivity index (χ1) is 18.0. The summed E-state index contributed by atoms with van der Waals surface area (Å²) in [6.07, 6.45) is 7.86. The maximum atomic E-state index is 14.1. The van der Waals surface area contributed by atoms with Crippen LogP contribution in [0.5, 0.6) is 0 Å².